The van der Waals surface area contributed by atoms with Crippen LogP contribution in [0.3, 0.4) is 0 Å². The van der Waals surface area contributed by atoms with E-state index in [1.165, 1.54) is 18.3 Å². The van der Waals surface area contributed by atoms with Gasteiger partial charge in [-0.1, -0.05) is 23.7 Å². The summed E-state index contributed by atoms with van der Waals surface area (Å²) in [5, 5.41) is 9.55. The highest BCUT2D eigenvalue weighted by Crippen LogP contribution is 2.27. The molecule has 0 saturated carbocycles. The van der Waals surface area contributed by atoms with Crippen LogP contribution < -0.4 is 4.74 Å². The molecule has 2 heterocycles. The number of carboxylic acid groups (broad SMARTS) is 1. The minimum Gasteiger partial charge on any atom is -0.489 e. The van der Waals surface area contributed by atoms with Crippen molar-refractivity contribution >= 4 is 23.5 Å². The number of piperidine rings is 1. The Morgan fingerprint density at radius 2 is 1.92 bits per heavy atom. The molecule has 2 aromatic rings. The van der Waals surface area contributed by atoms with Crippen molar-refractivity contribution in [2.45, 2.75) is 18.9 Å². The average molecular weight is 361 g/mol. The number of halogens is 1. The molecule has 6 nitrogen and oxygen atoms in total. The Bertz CT molecular complexity index is 788. The topological polar surface area (TPSA) is 79.7 Å². The molecule has 1 aromatic carbocycles. The Kier molecular flexibility index (Phi) is 5.19. The Morgan fingerprint density at radius 3 is 2.60 bits per heavy atom. The largest absolute Gasteiger partial charge is 0.489 e. The summed E-state index contributed by atoms with van der Waals surface area (Å²) in [6.07, 6.45) is 2.71. The predicted octanol–water partition coefficient (Wildman–Crippen LogP) is 3.12. The molecule has 25 heavy (non-hydrogen) atoms. The van der Waals surface area contributed by atoms with Gasteiger partial charge in [0, 0.05) is 37.7 Å². The van der Waals surface area contributed by atoms with Gasteiger partial charge in [-0.2, -0.15) is 0 Å². The maximum absolute atomic E-state index is 12.5. The van der Waals surface area contributed by atoms with Crippen LogP contribution in [0.5, 0.6) is 5.75 Å². The Morgan fingerprint density at radius 1 is 1.20 bits per heavy atom. The molecular formula is C18H17ClN2O4. The summed E-state index contributed by atoms with van der Waals surface area (Å²) in [7, 11) is 0. The van der Waals surface area contributed by atoms with E-state index in [0.29, 0.717) is 42.3 Å². The van der Waals surface area contributed by atoms with Gasteiger partial charge in [-0.15, -0.1) is 0 Å². The molecule has 0 aliphatic carbocycles. The van der Waals surface area contributed by atoms with Gasteiger partial charge in [-0.3, -0.25) is 4.79 Å². The number of benzene rings is 1. The number of aromatic nitrogens is 1. The summed E-state index contributed by atoms with van der Waals surface area (Å²) in [5.74, 6) is -0.697. The molecule has 3 rings (SSSR count). The number of rotatable bonds is 4. The van der Waals surface area contributed by atoms with Crippen molar-refractivity contribution in [2.24, 2.45) is 0 Å². The van der Waals surface area contributed by atoms with Crippen LogP contribution in [0.25, 0.3) is 0 Å². The molecule has 0 unspecified atom stereocenters. The molecule has 1 aromatic heterocycles. The third-order valence-corrected chi connectivity index (χ3v) is 4.40. The Hall–Kier alpha value is -2.60. The van der Waals surface area contributed by atoms with Gasteiger partial charge >= 0.3 is 5.97 Å². The van der Waals surface area contributed by atoms with Crippen molar-refractivity contribution in [3.05, 3.63) is 58.9 Å². The molecule has 0 atom stereocenters. The lowest BCUT2D eigenvalue weighted by Gasteiger charge is -2.32. The summed E-state index contributed by atoms with van der Waals surface area (Å²) in [4.78, 5) is 29.0. The Balaban J connectivity index is 1.60. The van der Waals surface area contributed by atoms with Gasteiger partial charge in [0.25, 0.3) is 5.91 Å². The number of hydrogen-bond donors (Lipinski definition) is 1. The Labute approximate surface area is 150 Å². The van der Waals surface area contributed by atoms with Crippen LogP contribution in [-0.4, -0.2) is 46.1 Å². The highest BCUT2D eigenvalue weighted by atomic mass is 35.5. The van der Waals surface area contributed by atoms with E-state index >= 15 is 0 Å². The summed E-state index contributed by atoms with van der Waals surface area (Å²) < 4.78 is 5.91. The molecule has 0 spiro atoms. The SMILES string of the molecule is O=C(O)c1cc(C(=O)N2CCC(Oc3ccccc3Cl)CC2)ccn1. The number of hydrogen-bond acceptors (Lipinski definition) is 4. The van der Waals surface area contributed by atoms with Crippen molar-refractivity contribution in [3.63, 3.8) is 0 Å². The van der Waals surface area contributed by atoms with Gasteiger partial charge in [0.2, 0.25) is 0 Å². The van der Waals surface area contributed by atoms with E-state index in [-0.39, 0.29) is 17.7 Å². The van der Waals surface area contributed by atoms with Crippen LogP contribution >= 0.6 is 11.6 Å². The van der Waals surface area contributed by atoms with E-state index in [1.807, 2.05) is 18.2 Å². The van der Waals surface area contributed by atoms with E-state index in [2.05, 4.69) is 4.98 Å². The molecular weight excluding hydrogens is 344 g/mol. The third kappa shape index (κ3) is 4.09. The number of para-hydroxylation sites is 1. The van der Waals surface area contributed by atoms with Crippen molar-refractivity contribution in [3.8, 4) is 5.75 Å². The number of carboxylic acids is 1. The maximum Gasteiger partial charge on any atom is 0.354 e. The van der Waals surface area contributed by atoms with Crippen molar-refractivity contribution in [1.82, 2.24) is 9.88 Å². The first-order valence-corrected chi connectivity index (χ1v) is 8.32. The van der Waals surface area contributed by atoms with Gasteiger partial charge in [0.1, 0.15) is 17.5 Å². The third-order valence-electron chi connectivity index (χ3n) is 4.09. The lowest BCUT2D eigenvalue weighted by atomic mass is 10.1. The number of likely N-dealkylation sites (tertiary alicyclic amines) is 1. The number of carbonyl (C=O) groups excluding carboxylic acids is 1. The van der Waals surface area contributed by atoms with Gasteiger partial charge < -0.3 is 14.7 Å². The first-order valence-electron chi connectivity index (χ1n) is 7.94. The zero-order chi connectivity index (χ0) is 17.8. The molecule has 130 valence electrons. The first kappa shape index (κ1) is 17.2. The minimum atomic E-state index is -1.15. The van der Waals surface area contributed by atoms with Gasteiger partial charge in [0.05, 0.1) is 5.02 Å². The summed E-state index contributed by atoms with van der Waals surface area (Å²) >= 11 is 6.10. The van der Waals surface area contributed by atoms with Crippen LogP contribution in [0.2, 0.25) is 5.02 Å². The number of ether oxygens (including phenoxy) is 1. The number of pyridine rings is 1. The molecule has 1 saturated heterocycles. The van der Waals surface area contributed by atoms with Crippen LogP contribution in [-0.2, 0) is 0 Å². The minimum absolute atomic E-state index is 0.00373. The van der Waals surface area contributed by atoms with Crippen LogP contribution in [0.1, 0.15) is 33.7 Å². The van der Waals surface area contributed by atoms with Gasteiger partial charge in [0.15, 0.2) is 0 Å². The summed E-state index contributed by atoms with van der Waals surface area (Å²) in [6, 6.07) is 10.1. The lowest BCUT2D eigenvalue weighted by molar-refractivity contribution is 0.0595. The second-order valence-electron chi connectivity index (χ2n) is 5.77. The zero-order valence-electron chi connectivity index (χ0n) is 13.4. The van der Waals surface area contributed by atoms with E-state index in [0.717, 1.165) is 0 Å². The second-order valence-corrected chi connectivity index (χ2v) is 6.18. The average Bonchev–Trinajstić information content (AvgIpc) is 2.64. The monoisotopic (exact) mass is 360 g/mol. The fraction of sp³-hybridized carbons (Fsp3) is 0.278. The quantitative estimate of drug-likeness (QED) is 0.906. The normalized spacial score (nSPS) is 15.0. The highest BCUT2D eigenvalue weighted by molar-refractivity contribution is 6.32. The smallest absolute Gasteiger partial charge is 0.354 e. The predicted molar refractivity (Wildman–Crippen MR) is 92.2 cm³/mol. The van der Waals surface area contributed by atoms with E-state index in [4.69, 9.17) is 21.4 Å². The van der Waals surface area contributed by atoms with E-state index < -0.39 is 5.97 Å². The standard InChI is InChI=1S/C18H17ClN2O4/c19-14-3-1-2-4-16(14)25-13-6-9-21(10-7-13)17(22)12-5-8-20-15(11-12)18(23)24/h1-5,8,11,13H,6-7,9-10H2,(H,23,24). The highest BCUT2D eigenvalue weighted by Gasteiger charge is 2.25. The number of carbonyl (C=O) groups is 2. The van der Waals surface area contributed by atoms with Crippen molar-refractivity contribution in [2.75, 3.05) is 13.1 Å². The van der Waals surface area contributed by atoms with Crippen molar-refractivity contribution < 1.29 is 19.4 Å². The molecule has 1 aliphatic rings. The number of amides is 1. The lowest BCUT2D eigenvalue weighted by Crippen LogP contribution is -2.41. The van der Waals surface area contributed by atoms with Gasteiger partial charge in [-0.05, 0) is 24.3 Å². The van der Waals surface area contributed by atoms with Crippen LogP contribution in [0.4, 0.5) is 0 Å². The molecule has 7 heteroatoms. The van der Waals surface area contributed by atoms with E-state index in [1.54, 1.807) is 11.0 Å². The van der Waals surface area contributed by atoms with Gasteiger partial charge in [-0.25, -0.2) is 9.78 Å². The molecule has 0 bridgehead atoms. The zero-order valence-corrected chi connectivity index (χ0v) is 14.1. The number of nitrogens with zero attached hydrogens (tertiary/aromatic N) is 2. The van der Waals surface area contributed by atoms with Crippen LogP contribution in [0.15, 0.2) is 42.6 Å². The second kappa shape index (κ2) is 7.53. The molecule has 1 aliphatic heterocycles. The van der Waals surface area contributed by atoms with Crippen molar-refractivity contribution in [1.29, 1.82) is 0 Å². The summed E-state index contributed by atoms with van der Waals surface area (Å²) in [6.45, 7) is 1.08. The fourth-order valence-corrected chi connectivity index (χ4v) is 2.94. The molecule has 1 fully saturated rings. The first-order chi connectivity index (χ1) is 12.0. The fourth-order valence-electron chi connectivity index (χ4n) is 2.76. The molecule has 0 radical (unpaired) electrons. The maximum atomic E-state index is 12.5. The van der Waals surface area contributed by atoms with Crippen LogP contribution in [0, 0.1) is 0 Å². The molecule has 1 amide bonds. The molecule has 1 N–H and O–H groups in total. The number of aromatic carboxylic acids is 1. The summed E-state index contributed by atoms with van der Waals surface area (Å²) in [5.41, 5.74) is 0.195. The van der Waals surface area contributed by atoms with E-state index in [9.17, 15) is 9.59 Å².